The average Bonchev–Trinajstić information content (AvgIpc) is 2.43. The maximum Gasteiger partial charge on any atom is 0.435 e. The lowest BCUT2D eigenvalue weighted by Gasteiger charge is -2.41. The van der Waals surface area contributed by atoms with E-state index in [1.807, 2.05) is 0 Å². The first kappa shape index (κ1) is 28.5. The highest BCUT2D eigenvalue weighted by Gasteiger charge is 2.82. The van der Waals surface area contributed by atoms with Gasteiger partial charge in [-0.25, -0.2) is 8.78 Å². The van der Waals surface area contributed by atoms with Gasteiger partial charge in [-0.1, -0.05) is 13.3 Å². The second kappa shape index (κ2) is 7.91. The van der Waals surface area contributed by atoms with Gasteiger partial charge in [0.25, 0.3) is 0 Å². The van der Waals surface area contributed by atoms with Gasteiger partial charge in [-0.3, -0.25) is 0 Å². The van der Waals surface area contributed by atoms with Crippen molar-refractivity contribution in [2.45, 2.75) is 68.4 Å². The van der Waals surface area contributed by atoms with E-state index >= 15 is 0 Å². The van der Waals surface area contributed by atoms with E-state index in [4.69, 9.17) is 0 Å². The third kappa shape index (κ3) is 5.06. The van der Waals surface area contributed by atoms with E-state index in [0.717, 1.165) is 6.92 Å². The van der Waals surface area contributed by atoms with Gasteiger partial charge < -0.3 is 0 Å². The third-order valence-corrected chi connectivity index (χ3v) is 3.66. The summed E-state index contributed by atoms with van der Waals surface area (Å²) in [6, 6.07) is 0. The van der Waals surface area contributed by atoms with Gasteiger partial charge >= 0.3 is 36.6 Å². The van der Waals surface area contributed by atoms with Gasteiger partial charge in [0.05, 0.1) is 0 Å². The fourth-order valence-electron chi connectivity index (χ4n) is 2.36. The molecule has 1 unspecified atom stereocenters. The van der Waals surface area contributed by atoms with Crippen molar-refractivity contribution in [3.63, 3.8) is 0 Å². The van der Waals surface area contributed by atoms with Gasteiger partial charge in [-0.05, 0) is 12.8 Å². The second-order valence-corrected chi connectivity index (χ2v) is 5.80. The van der Waals surface area contributed by atoms with E-state index in [1.54, 1.807) is 0 Å². The van der Waals surface area contributed by atoms with E-state index < -0.39 is 72.6 Å². The lowest BCUT2D eigenvalue weighted by atomic mass is 9.75. The average molecular weight is 488 g/mol. The predicted molar refractivity (Wildman–Crippen MR) is 64.5 cm³/mol. The summed E-state index contributed by atoms with van der Waals surface area (Å²) in [7, 11) is 0. The largest absolute Gasteiger partial charge is 0.435 e. The minimum absolute atomic E-state index is 0.736. The molecule has 0 aliphatic rings. The molecule has 0 fully saturated rings. The summed E-state index contributed by atoms with van der Waals surface area (Å²) in [6.07, 6.45) is -43.0. The molecular formula is C13H9F17. The Morgan fingerprint density at radius 2 is 0.833 bits per heavy atom. The molecule has 1 atom stereocenters. The van der Waals surface area contributed by atoms with Crippen LogP contribution in [0.15, 0.2) is 11.1 Å². The van der Waals surface area contributed by atoms with Crippen LogP contribution in [0.1, 0.15) is 26.2 Å². The Labute approximate surface area is 155 Å². The van der Waals surface area contributed by atoms with Crippen LogP contribution in [0.3, 0.4) is 0 Å². The first-order valence-electron chi connectivity index (χ1n) is 7.27. The van der Waals surface area contributed by atoms with Crippen molar-refractivity contribution in [2.24, 2.45) is 0 Å². The maximum absolute atomic E-state index is 14.6. The number of hydrogen-bond acceptors (Lipinski definition) is 0. The Morgan fingerprint density at radius 1 is 0.500 bits per heavy atom. The zero-order valence-electron chi connectivity index (χ0n) is 14.0. The smallest absolute Gasteiger partial charge is 0.229 e. The van der Waals surface area contributed by atoms with Crippen molar-refractivity contribution in [3.8, 4) is 0 Å². The first-order valence-corrected chi connectivity index (χ1v) is 7.27. The van der Waals surface area contributed by atoms with Crippen molar-refractivity contribution < 1.29 is 74.6 Å². The Morgan fingerprint density at radius 3 is 1.03 bits per heavy atom. The summed E-state index contributed by atoms with van der Waals surface area (Å²) < 4.78 is 222. The summed E-state index contributed by atoms with van der Waals surface area (Å²) in [5.41, 5.74) is -25.1. The van der Waals surface area contributed by atoms with Crippen molar-refractivity contribution >= 4 is 0 Å². The number of unbranched alkanes of at least 4 members (excludes halogenated alkanes) is 1. The topological polar surface area (TPSA) is 0 Å². The fraction of sp³-hybridized carbons (Fsp3) is 0.846. The minimum Gasteiger partial charge on any atom is -0.229 e. The zero-order chi connectivity index (χ0) is 24.8. The molecule has 0 aromatic rings. The SMILES string of the molecule is CCCCC(F)(C(=C(C(F)(F)F)C(F)(F)F)C(F)(C(F)(F)F)C(F)(F)F)C(F)(F)F. The monoisotopic (exact) mass is 488 g/mol. The van der Waals surface area contributed by atoms with Crippen LogP contribution in [0.2, 0.25) is 0 Å². The fourth-order valence-corrected chi connectivity index (χ4v) is 2.36. The van der Waals surface area contributed by atoms with Crippen molar-refractivity contribution in [2.75, 3.05) is 0 Å². The van der Waals surface area contributed by atoms with Crippen LogP contribution in [-0.2, 0) is 0 Å². The number of rotatable bonds is 5. The normalized spacial score (nSPS) is 17.0. The molecule has 0 heterocycles. The highest BCUT2D eigenvalue weighted by atomic mass is 19.4. The molecule has 0 aliphatic carbocycles. The number of halogens is 17. The molecule has 17 heteroatoms. The molecule has 0 aromatic carbocycles. The highest BCUT2D eigenvalue weighted by molar-refractivity contribution is 5.42. The molecule has 0 spiro atoms. The Balaban J connectivity index is 8.10. The van der Waals surface area contributed by atoms with Crippen LogP contribution >= 0.6 is 0 Å². The Hall–Kier alpha value is -1.45. The van der Waals surface area contributed by atoms with Crippen molar-refractivity contribution in [3.05, 3.63) is 11.1 Å². The molecule has 0 bridgehead atoms. The van der Waals surface area contributed by atoms with E-state index in [1.165, 1.54) is 0 Å². The summed E-state index contributed by atoms with van der Waals surface area (Å²) in [5, 5.41) is 0. The van der Waals surface area contributed by atoms with Crippen LogP contribution < -0.4 is 0 Å². The summed E-state index contributed by atoms with van der Waals surface area (Å²) in [5.74, 6) is 0. The van der Waals surface area contributed by atoms with E-state index in [2.05, 4.69) is 0 Å². The molecule has 0 N–H and O–H groups in total. The maximum atomic E-state index is 14.6. The van der Waals surface area contributed by atoms with Crippen LogP contribution in [0.25, 0.3) is 0 Å². The molecule has 0 nitrogen and oxygen atoms in total. The van der Waals surface area contributed by atoms with E-state index in [-0.39, 0.29) is 0 Å². The third-order valence-electron chi connectivity index (χ3n) is 3.66. The molecule has 30 heavy (non-hydrogen) atoms. The molecule has 0 aliphatic heterocycles. The van der Waals surface area contributed by atoms with Crippen molar-refractivity contribution in [1.82, 2.24) is 0 Å². The molecule has 0 saturated heterocycles. The van der Waals surface area contributed by atoms with Gasteiger partial charge in [0, 0.05) is 5.57 Å². The van der Waals surface area contributed by atoms with Crippen LogP contribution in [0, 0.1) is 0 Å². The standard InChI is InChI=1S/C13H9F17/c1-2-3-4-7(14,11(22,23)24)5(6(9(16,17)18)10(19,20)21)8(15,12(25,26)27)13(28,29)30/h2-4H2,1H3. The summed E-state index contributed by atoms with van der Waals surface area (Å²) in [4.78, 5) is 0. The van der Waals surface area contributed by atoms with Crippen LogP contribution in [-0.4, -0.2) is 42.2 Å². The van der Waals surface area contributed by atoms with Crippen LogP contribution in [0.4, 0.5) is 74.6 Å². The molecule has 0 aromatic heterocycles. The van der Waals surface area contributed by atoms with E-state index in [9.17, 15) is 74.6 Å². The molecular weight excluding hydrogens is 479 g/mol. The van der Waals surface area contributed by atoms with Gasteiger partial charge in [0.15, 0.2) is 0 Å². The van der Waals surface area contributed by atoms with Gasteiger partial charge in [0.1, 0.15) is 5.57 Å². The molecule has 0 saturated carbocycles. The minimum atomic E-state index is -7.99. The van der Waals surface area contributed by atoms with Gasteiger partial charge in [-0.2, -0.15) is 65.9 Å². The number of hydrogen-bond donors (Lipinski definition) is 0. The molecule has 0 radical (unpaired) electrons. The zero-order valence-corrected chi connectivity index (χ0v) is 14.0. The summed E-state index contributed by atoms with van der Waals surface area (Å²) in [6.45, 7) is 0.824. The lowest BCUT2D eigenvalue weighted by Crippen LogP contribution is -2.63. The Kier molecular flexibility index (Phi) is 7.53. The van der Waals surface area contributed by atoms with Gasteiger partial charge in [0.2, 0.25) is 5.67 Å². The van der Waals surface area contributed by atoms with Crippen LogP contribution in [0.5, 0.6) is 0 Å². The molecule has 0 amide bonds. The first-order chi connectivity index (χ1) is 12.8. The van der Waals surface area contributed by atoms with Gasteiger partial charge in [-0.15, -0.1) is 0 Å². The predicted octanol–water partition coefficient (Wildman–Crippen LogP) is 7.70. The quantitative estimate of drug-likeness (QED) is 0.275. The van der Waals surface area contributed by atoms with Crippen molar-refractivity contribution in [1.29, 1.82) is 0 Å². The highest BCUT2D eigenvalue weighted by Crippen LogP contribution is 2.61. The Bertz CT molecular complexity index is 592. The molecule has 180 valence electrons. The van der Waals surface area contributed by atoms with E-state index in [0.29, 0.717) is 0 Å². The number of alkyl halides is 17. The molecule has 0 rings (SSSR count). The summed E-state index contributed by atoms with van der Waals surface area (Å²) >= 11 is 0. The second-order valence-electron chi connectivity index (χ2n) is 5.80. The number of allylic oxidation sites excluding steroid dienone is 2. The lowest BCUT2D eigenvalue weighted by molar-refractivity contribution is -0.339.